The maximum atomic E-state index is 3.48. The first-order valence-electron chi connectivity index (χ1n) is 7.74. The van der Waals surface area contributed by atoms with Crippen LogP contribution in [0.4, 0.5) is 0 Å². The van der Waals surface area contributed by atoms with Gasteiger partial charge in [-0.2, -0.15) is 0 Å². The lowest BCUT2D eigenvalue weighted by molar-refractivity contribution is 0.383. The van der Waals surface area contributed by atoms with Gasteiger partial charge in [0.05, 0.1) is 0 Å². The third kappa shape index (κ3) is 4.07. The van der Waals surface area contributed by atoms with E-state index in [0.29, 0.717) is 12.0 Å². The van der Waals surface area contributed by atoms with E-state index in [1.54, 1.807) is 0 Å². The smallest absolute Gasteiger partial charge is 0.0343 e. The van der Waals surface area contributed by atoms with E-state index < -0.39 is 0 Å². The van der Waals surface area contributed by atoms with Crippen LogP contribution in [0.25, 0.3) is 0 Å². The van der Waals surface area contributed by atoms with Crippen LogP contribution in [0.5, 0.6) is 0 Å². The summed E-state index contributed by atoms with van der Waals surface area (Å²) in [4.78, 5) is 0. The minimum Gasteiger partial charge on any atom is -0.313 e. The average molecular weight is 261 g/mol. The predicted molar refractivity (Wildman–Crippen MR) is 85.6 cm³/mol. The molecule has 0 aliphatic heterocycles. The van der Waals surface area contributed by atoms with Gasteiger partial charge in [-0.1, -0.05) is 65.3 Å². The Morgan fingerprint density at radius 2 is 1.68 bits per heavy atom. The van der Waals surface area contributed by atoms with E-state index >= 15 is 0 Å². The molecule has 0 bridgehead atoms. The molecule has 1 rings (SSSR count). The van der Waals surface area contributed by atoms with Gasteiger partial charge in [-0.15, -0.1) is 0 Å². The van der Waals surface area contributed by atoms with E-state index in [-0.39, 0.29) is 5.41 Å². The zero-order valence-corrected chi connectivity index (χ0v) is 13.6. The molecule has 1 aromatic carbocycles. The molecule has 0 radical (unpaired) electrons. The maximum absolute atomic E-state index is 3.48. The quantitative estimate of drug-likeness (QED) is 0.722. The van der Waals surface area contributed by atoms with Gasteiger partial charge in [0.15, 0.2) is 0 Å². The molecule has 2 unspecified atom stereocenters. The SMILES string of the molecule is CCCC(C)C(NC)c1ccc(C(C)(C)CC)cc1. The van der Waals surface area contributed by atoms with Crippen molar-refractivity contribution in [2.24, 2.45) is 5.92 Å². The van der Waals surface area contributed by atoms with Crippen LogP contribution in [0, 0.1) is 5.92 Å². The van der Waals surface area contributed by atoms with Gasteiger partial charge in [0.25, 0.3) is 0 Å². The van der Waals surface area contributed by atoms with Crippen LogP contribution in [0.15, 0.2) is 24.3 Å². The summed E-state index contributed by atoms with van der Waals surface area (Å²) in [6, 6.07) is 9.70. The first-order valence-corrected chi connectivity index (χ1v) is 7.74. The lowest BCUT2D eigenvalue weighted by atomic mass is 9.81. The van der Waals surface area contributed by atoms with E-state index in [4.69, 9.17) is 0 Å². The van der Waals surface area contributed by atoms with Crippen LogP contribution in [-0.4, -0.2) is 7.05 Å². The molecule has 0 saturated heterocycles. The molecule has 1 N–H and O–H groups in total. The van der Waals surface area contributed by atoms with Crippen molar-refractivity contribution in [1.82, 2.24) is 5.32 Å². The second-order valence-electron chi connectivity index (χ2n) is 6.39. The molecular formula is C18H31N. The summed E-state index contributed by atoms with van der Waals surface area (Å²) in [5.41, 5.74) is 3.14. The lowest BCUT2D eigenvalue weighted by Gasteiger charge is -2.26. The fraction of sp³-hybridized carbons (Fsp3) is 0.667. The van der Waals surface area contributed by atoms with Crippen molar-refractivity contribution in [2.45, 2.75) is 65.3 Å². The molecule has 0 spiro atoms. The van der Waals surface area contributed by atoms with E-state index in [0.717, 1.165) is 0 Å². The van der Waals surface area contributed by atoms with Crippen molar-refractivity contribution < 1.29 is 0 Å². The molecule has 0 aliphatic carbocycles. The van der Waals surface area contributed by atoms with Gasteiger partial charge >= 0.3 is 0 Å². The minimum absolute atomic E-state index is 0.280. The number of nitrogens with one attached hydrogen (secondary N) is 1. The fourth-order valence-electron chi connectivity index (χ4n) is 2.75. The van der Waals surface area contributed by atoms with Crippen molar-refractivity contribution in [3.05, 3.63) is 35.4 Å². The summed E-state index contributed by atoms with van der Waals surface area (Å²) in [5, 5.41) is 3.48. The van der Waals surface area contributed by atoms with E-state index in [9.17, 15) is 0 Å². The molecule has 0 amide bonds. The van der Waals surface area contributed by atoms with Crippen LogP contribution in [0.1, 0.15) is 71.0 Å². The first-order chi connectivity index (χ1) is 8.96. The maximum Gasteiger partial charge on any atom is 0.0343 e. The number of hydrogen-bond donors (Lipinski definition) is 1. The van der Waals surface area contributed by atoms with Gasteiger partial charge in [0, 0.05) is 6.04 Å². The van der Waals surface area contributed by atoms with Gasteiger partial charge in [-0.3, -0.25) is 0 Å². The molecule has 108 valence electrons. The normalized spacial score (nSPS) is 15.3. The highest BCUT2D eigenvalue weighted by atomic mass is 14.9. The summed E-state index contributed by atoms with van der Waals surface area (Å²) in [6.07, 6.45) is 3.70. The van der Waals surface area contributed by atoms with Crippen LogP contribution < -0.4 is 5.32 Å². The Bertz CT molecular complexity index is 364. The highest BCUT2D eigenvalue weighted by Crippen LogP contribution is 2.30. The third-order valence-corrected chi connectivity index (χ3v) is 4.56. The number of benzene rings is 1. The largest absolute Gasteiger partial charge is 0.313 e. The Hall–Kier alpha value is -0.820. The molecular weight excluding hydrogens is 230 g/mol. The van der Waals surface area contributed by atoms with Gasteiger partial charge in [-0.05, 0) is 42.3 Å². The first kappa shape index (κ1) is 16.2. The van der Waals surface area contributed by atoms with Crippen molar-refractivity contribution in [2.75, 3.05) is 7.05 Å². The van der Waals surface area contributed by atoms with Crippen molar-refractivity contribution in [3.63, 3.8) is 0 Å². The Kier molecular flexibility index (Phi) is 6.06. The third-order valence-electron chi connectivity index (χ3n) is 4.56. The standard InChI is InChI=1S/C18H31N/c1-7-9-14(3)17(19-6)15-10-12-16(13-11-15)18(4,5)8-2/h10-14,17,19H,7-9H2,1-6H3. The zero-order valence-electron chi connectivity index (χ0n) is 13.6. The van der Waals surface area contributed by atoms with Crippen molar-refractivity contribution in [1.29, 1.82) is 0 Å². The van der Waals surface area contributed by atoms with Gasteiger partial charge < -0.3 is 5.32 Å². The van der Waals surface area contributed by atoms with Gasteiger partial charge in [-0.25, -0.2) is 0 Å². The number of hydrogen-bond acceptors (Lipinski definition) is 1. The van der Waals surface area contributed by atoms with Crippen LogP contribution in [0.3, 0.4) is 0 Å². The summed E-state index contributed by atoms with van der Waals surface area (Å²) in [5.74, 6) is 0.681. The molecule has 0 aromatic heterocycles. The van der Waals surface area contributed by atoms with Crippen molar-refractivity contribution in [3.8, 4) is 0 Å². The molecule has 0 aliphatic rings. The van der Waals surface area contributed by atoms with Crippen LogP contribution in [-0.2, 0) is 5.41 Å². The average Bonchev–Trinajstić information content (AvgIpc) is 2.40. The summed E-state index contributed by atoms with van der Waals surface area (Å²) in [6.45, 7) is 11.5. The van der Waals surface area contributed by atoms with Gasteiger partial charge in [0.2, 0.25) is 0 Å². The molecule has 0 fully saturated rings. The summed E-state index contributed by atoms with van der Waals surface area (Å²) < 4.78 is 0. The molecule has 1 aromatic rings. The number of rotatable bonds is 7. The van der Waals surface area contributed by atoms with Gasteiger partial charge in [0.1, 0.15) is 0 Å². The second-order valence-corrected chi connectivity index (χ2v) is 6.39. The van der Waals surface area contributed by atoms with E-state index in [1.807, 2.05) is 0 Å². The second kappa shape index (κ2) is 7.09. The molecule has 0 saturated carbocycles. The molecule has 1 nitrogen and oxygen atoms in total. The Morgan fingerprint density at radius 1 is 1.11 bits per heavy atom. The zero-order chi connectivity index (χ0) is 14.5. The molecule has 0 heterocycles. The van der Waals surface area contributed by atoms with Crippen LogP contribution in [0.2, 0.25) is 0 Å². The van der Waals surface area contributed by atoms with Crippen molar-refractivity contribution >= 4 is 0 Å². The van der Waals surface area contributed by atoms with E-state index in [1.165, 1.54) is 30.4 Å². The Morgan fingerprint density at radius 3 is 2.11 bits per heavy atom. The molecule has 19 heavy (non-hydrogen) atoms. The highest BCUT2D eigenvalue weighted by molar-refractivity contribution is 5.30. The van der Waals surface area contributed by atoms with Crippen LogP contribution >= 0.6 is 0 Å². The Balaban J connectivity index is 2.90. The molecule has 2 atom stereocenters. The summed E-state index contributed by atoms with van der Waals surface area (Å²) >= 11 is 0. The monoisotopic (exact) mass is 261 g/mol. The minimum atomic E-state index is 0.280. The lowest BCUT2D eigenvalue weighted by Crippen LogP contribution is -2.23. The fourth-order valence-corrected chi connectivity index (χ4v) is 2.75. The van der Waals surface area contributed by atoms with E-state index in [2.05, 4.69) is 71.2 Å². The summed E-state index contributed by atoms with van der Waals surface area (Å²) in [7, 11) is 2.07. The topological polar surface area (TPSA) is 12.0 Å². The predicted octanol–water partition coefficient (Wildman–Crippen LogP) is 5.07. The highest BCUT2D eigenvalue weighted by Gasteiger charge is 2.20. The Labute approximate surface area is 119 Å². The molecule has 1 heteroatoms.